The van der Waals surface area contributed by atoms with Gasteiger partial charge in [0.05, 0.1) is 0 Å². The molecule has 0 atom stereocenters. The quantitative estimate of drug-likeness (QED) is 0.188. The van der Waals surface area contributed by atoms with Crippen molar-refractivity contribution in [2.45, 2.75) is 0 Å². The van der Waals surface area contributed by atoms with Crippen molar-refractivity contribution in [1.82, 2.24) is 0 Å². The predicted molar refractivity (Wildman–Crippen MR) is 115 cm³/mol. The van der Waals surface area contributed by atoms with Gasteiger partial charge in [-0.15, -0.1) is 0 Å². The number of rotatable bonds is 1. The predicted octanol–water partition coefficient (Wildman–Crippen LogP) is 5.63. The molecule has 0 aliphatic heterocycles. The fraction of sp³-hybridized carbons (Fsp3) is 0. The molecule has 2 aromatic heterocycles. The van der Waals surface area contributed by atoms with Gasteiger partial charge in [0.1, 0.15) is 0 Å². The zero-order valence-corrected chi connectivity index (χ0v) is 16.3. The summed E-state index contributed by atoms with van der Waals surface area (Å²) in [6, 6.07) is 35.4. The topological polar surface area (TPSA) is 3.88 Å². The first-order valence-electron chi connectivity index (χ1n) is 9.13. The summed E-state index contributed by atoms with van der Waals surface area (Å²) in [4.78, 5) is 0. The zero-order chi connectivity index (χ0) is 17.8. The molecule has 0 saturated carbocycles. The van der Waals surface area contributed by atoms with Crippen LogP contribution >= 0.6 is 0 Å². The van der Waals surface area contributed by atoms with Gasteiger partial charge in [-0.1, -0.05) is 0 Å². The first-order valence-corrected chi connectivity index (χ1v) is 10.8. The Bertz CT molecular complexity index is 1460. The number of benzene rings is 4. The van der Waals surface area contributed by atoms with Crippen molar-refractivity contribution in [2.24, 2.45) is 0 Å². The van der Waals surface area contributed by atoms with Gasteiger partial charge in [0.25, 0.3) is 0 Å². The molecule has 0 spiro atoms. The van der Waals surface area contributed by atoms with E-state index in [2.05, 4.69) is 102 Å². The van der Waals surface area contributed by atoms with E-state index < -0.39 is 0 Å². The van der Waals surface area contributed by atoms with Crippen LogP contribution in [-0.2, 0) is 0 Å². The average molecular weight is 409 g/mol. The number of hydrogen-bond donors (Lipinski definition) is 0. The molecule has 0 bridgehead atoms. The minimum absolute atomic E-state index is 0.352. The van der Waals surface area contributed by atoms with Gasteiger partial charge < -0.3 is 0 Å². The second-order valence-electron chi connectivity index (χ2n) is 6.88. The molecular formula is C25H16NSe+. The molecule has 1 nitrogen and oxygen atoms in total. The number of hydrogen-bond acceptors (Lipinski definition) is 0. The van der Waals surface area contributed by atoms with Crippen LogP contribution in [0.3, 0.4) is 0 Å². The van der Waals surface area contributed by atoms with Gasteiger partial charge in [-0.25, -0.2) is 0 Å². The van der Waals surface area contributed by atoms with Crippen molar-refractivity contribution in [3.8, 4) is 5.69 Å². The Hall–Kier alpha value is -2.93. The van der Waals surface area contributed by atoms with Crippen LogP contribution < -0.4 is 4.57 Å². The molecule has 2 heteroatoms. The van der Waals surface area contributed by atoms with Crippen molar-refractivity contribution < 1.29 is 4.57 Å². The Morgan fingerprint density at radius 2 is 1.30 bits per heavy atom. The summed E-state index contributed by atoms with van der Waals surface area (Å²) < 4.78 is 5.35. The number of nitrogens with zero attached hydrogens (tertiary/aromatic N) is 1. The third-order valence-electron chi connectivity index (χ3n) is 5.27. The molecule has 4 aromatic carbocycles. The second kappa shape index (κ2) is 5.79. The Labute approximate surface area is 162 Å². The molecule has 0 unspecified atom stereocenters. The van der Waals surface area contributed by atoms with Crippen LogP contribution in [0.4, 0.5) is 0 Å². The first-order chi connectivity index (χ1) is 13.4. The number of aromatic nitrogens is 1. The van der Waals surface area contributed by atoms with Gasteiger partial charge in [-0.3, -0.25) is 0 Å². The van der Waals surface area contributed by atoms with Crippen molar-refractivity contribution in [1.29, 1.82) is 0 Å². The van der Waals surface area contributed by atoms with E-state index in [-0.39, 0.29) is 0 Å². The van der Waals surface area contributed by atoms with Gasteiger partial charge in [0.15, 0.2) is 0 Å². The Balaban J connectivity index is 1.82. The molecule has 0 aliphatic carbocycles. The molecule has 0 aliphatic rings. The monoisotopic (exact) mass is 410 g/mol. The van der Waals surface area contributed by atoms with Crippen LogP contribution in [0, 0.1) is 0 Å². The summed E-state index contributed by atoms with van der Waals surface area (Å²) in [6.07, 6.45) is 0. The maximum atomic E-state index is 2.43. The van der Waals surface area contributed by atoms with Crippen molar-refractivity contribution in [3.05, 3.63) is 97.1 Å². The summed E-state index contributed by atoms with van der Waals surface area (Å²) in [5.74, 6) is 0. The van der Waals surface area contributed by atoms with E-state index in [9.17, 15) is 0 Å². The molecule has 0 radical (unpaired) electrons. The molecule has 6 aromatic rings. The van der Waals surface area contributed by atoms with Crippen LogP contribution in [-0.4, -0.2) is 14.5 Å². The van der Waals surface area contributed by atoms with E-state index in [0.717, 1.165) is 0 Å². The standard InChI is InChI=1S/C25H16NSe/c1-2-9-19(10-3-1)26-22-12-6-5-11-20(22)21-16-25-18(15-23(21)26)14-17-8-4-7-13-24(17)27-25/h1-16H/q+1. The fourth-order valence-corrected chi connectivity index (χ4v) is 6.23. The van der Waals surface area contributed by atoms with Gasteiger partial charge in [-0.05, 0) is 0 Å². The van der Waals surface area contributed by atoms with Gasteiger partial charge in [0, 0.05) is 0 Å². The summed E-state index contributed by atoms with van der Waals surface area (Å²) in [5, 5.41) is 5.41. The van der Waals surface area contributed by atoms with E-state index in [0.29, 0.717) is 14.5 Å². The van der Waals surface area contributed by atoms with E-state index >= 15 is 0 Å². The molecule has 126 valence electrons. The van der Waals surface area contributed by atoms with Gasteiger partial charge >= 0.3 is 163 Å². The second-order valence-corrected chi connectivity index (χ2v) is 9.15. The first kappa shape index (κ1) is 15.2. The van der Waals surface area contributed by atoms with Crippen LogP contribution in [0.1, 0.15) is 0 Å². The Morgan fingerprint density at radius 3 is 2.22 bits per heavy atom. The van der Waals surface area contributed by atoms with E-state index in [4.69, 9.17) is 0 Å². The normalized spacial score (nSPS) is 11.7. The molecule has 0 amide bonds. The Kier molecular flexibility index (Phi) is 3.25. The third-order valence-corrected chi connectivity index (χ3v) is 7.71. The van der Waals surface area contributed by atoms with Crippen LogP contribution in [0.5, 0.6) is 0 Å². The van der Waals surface area contributed by atoms with Crippen molar-refractivity contribution in [2.75, 3.05) is 0 Å². The number of fused-ring (bicyclic) bond motifs is 5. The van der Waals surface area contributed by atoms with Crippen molar-refractivity contribution >= 4 is 55.6 Å². The average Bonchev–Trinajstić information content (AvgIpc) is 3.04. The summed E-state index contributed by atoms with van der Waals surface area (Å²) in [5.41, 5.74) is 3.77. The maximum absolute atomic E-state index is 2.43. The summed E-state index contributed by atoms with van der Waals surface area (Å²) in [6.45, 7) is 0. The van der Waals surface area contributed by atoms with E-state index in [1.165, 1.54) is 46.8 Å². The fourth-order valence-electron chi connectivity index (χ4n) is 4.05. The SMILES string of the molecule is c1ccc(-[n+]2c3ccccc3c3cc4[se]c5ccccc5cc4cc32)cc1. The van der Waals surface area contributed by atoms with E-state index in [1.54, 1.807) is 0 Å². The van der Waals surface area contributed by atoms with Gasteiger partial charge in [0.2, 0.25) is 0 Å². The summed E-state index contributed by atoms with van der Waals surface area (Å²) >= 11 is 0.352. The van der Waals surface area contributed by atoms with Crippen LogP contribution in [0.25, 0.3) is 46.8 Å². The Morgan fingerprint density at radius 1 is 0.519 bits per heavy atom. The number of para-hydroxylation sites is 2. The molecule has 0 saturated heterocycles. The minimum atomic E-state index is 0.352. The molecule has 0 N–H and O–H groups in total. The third kappa shape index (κ3) is 2.28. The van der Waals surface area contributed by atoms with Crippen LogP contribution in [0.15, 0.2) is 97.1 Å². The van der Waals surface area contributed by atoms with Crippen molar-refractivity contribution in [3.63, 3.8) is 0 Å². The molecule has 2 heterocycles. The molecule has 27 heavy (non-hydrogen) atoms. The summed E-state index contributed by atoms with van der Waals surface area (Å²) in [7, 11) is 0. The molecular weight excluding hydrogens is 393 g/mol. The van der Waals surface area contributed by atoms with Gasteiger partial charge in [-0.2, -0.15) is 0 Å². The molecule has 6 rings (SSSR count). The van der Waals surface area contributed by atoms with E-state index in [1.807, 2.05) is 0 Å². The van der Waals surface area contributed by atoms with Crippen LogP contribution in [0.2, 0.25) is 0 Å². The molecule has 0 fully saturated rings. The zero-order valence-electron chi connectivity index (χ0n) is 14.6.